The molecule has 6 nitrogen and oxygen atoms in total. The van der Waals surface area contributed by atoms with Gasteiger partial charge in [0.15, 0.2) is 0 Å². The van der Waals surface area contributed by atoms with Gasteiger partial charge in [0.2, 0.25) is 0 Å². The van der Waals surface area contributed by atoms with Crippen LogP contribution in [-0.4, -0.2) is 28.7 Å². The van der Waals surface area contributed by atoms with Crippen LogP contribution in [0.5, 0.6) is 0 Å². The lowest BCUT2D eigenvalue weighted by Crippen LogP contribution is -2.39. The van der Waals surface area contributed by atoms with Gasteiger partial charge in [-0.25, -0.2) is 0 Å². The second kappa shape index (κ2) is 5.67. The Morgan fingerprint density at radius 2 is 2.16 bits per heavy atom. The van der Waals surface area contributed by atoms with Crippen LogP contribution >= 0.6 is 0 Å². The maximum absolute atomic E-state index is 11.2. The second-order valence-corrected chi connectivity index (χ2v) is 4.87. The standard InChI is InChI=1S/C13H17N3O3/c1-4-15(9-13(2,3)17)11-7-5-6-10(8-14)12(11)16(18)19/h5-7,17H,4,9H2,1-3H3. The lowest BCUT2D eigenvalue weighted by Gasteiger charge is -2.29. The number of benzene rings is 1. The van der Waals surface area contributed by atoms with Gasteiger partial charge in [0.1, 0.15) is 17.3 Å². The summed E-state index contributed by atoms with van der Waals surface area (Å²) in [5.74, 6) is 0. The summed E-state index contributed by atoms with van der Waals surface area (Å²) in [7, 11) is 0. The van der Waals surface area contributed by atoms with Crippen molar-refractivity contribution in [3.63, 3.8) is 0 Å². The molecule has 0 radical (unpaired) electrons. The SMILES string of the molecule is CCN(CC(C)(C)O)c1cccc(C#N)c1[N+](=O)[O-]. The fourth-order valence-corrected chi connectivity index (χ4v) is 1.90. The summed E-state index contributed by atoms with van der Waals surface area (Å²) in [4.78, 5) is 12.3. The zero-order valence-corrected chi connectivity index (χ0v) is 11.3. The van der Waals surface area contributed by atoms with Crippen molar-refractivity contribution in [2.24, 2.45) is 0 Å². The molecule has 102 valence electrons. The third-order valence-corrected chi connectivity index (χ3v) is 2.62. The van der Waals surface area contributed by atoms with Crippen LogP contribution in [-0.2, 0) is 0 Å². The molecule has 0 aliphatic rings. The van der Waals surface area contributed by atoms with Crippen LogP contribution in [0, 0.1) is 21.4 Å². The number of nitriles is 1. The van der Waals surface area contributed by atoms with Crippen molar-refractivity contribution < 1.29 is 10.0 Å². The summed E-state index contributed by atoms with van der Waals surface area (Å²) in [5.41, 5.74) is -0.812. The first-order chi connectivity index (χ1) is 8.80. The topological polar surface area (TPSA) is 90.4 Å². The average Bonchev–Trinajstić information content (AvgIpc) is 2.33. The van der Waals surface area contributed by atoms with Gasteiger partial charge in [-0.2, -0.15) is 5.26 Å². The molecule has 1 aromatic rings. The van der Waals surface area contributed by atoms with Crippen LogP contribution in [0.3, 0.4) is 0 Å². The molecular weight excluding hydrogens is 246 g/mol. The molecule has 0 aliphatic carbocycles. The molecule has 1 aromatic carbocycles. The summed E-state index contributed by atoms with van der Waals surface area (Å²) in [6.07, 6.45) is 0. The van der Waals surface area contributed by atoms with Gasteiger partial charge < -0.3 is 10.0 Å². The van der Waals surface area contributed by atoms with E-state index in [-0.39, 0.29) is 17.8 Å². The van der Waals surface area contributed by atoms with Crippen molar-refractivity contribution in [1.29, 1.82) is 5.26 Å². The van der Waals surface area contributed by atoms with Gasteiger partial charge in [0.25, 0.3) is 0 Å². The van der Waals surface area contributed by atoms with Crippen LogP contribution in [0.15, 0.2) is 18.2 Å². The van der Waals surface area contributed by atoms with E-state index in [0.29, 0.717) is 12.2 Å². The zero-order chi connectivity index (χ0) is 14.6. The minimum atomic E-state index is -0.980. The first kappa shape index (κ1) is 14.9. The molecule has 0 aliphatic heterocycles. The van der Waals surface area contributed by atoms with Crippen molar-refractivity contribution in [3.05, 3.63) is 33.9 Å². The molecule has 6 heteroatoms. The summed E-state index contributed by atoms with van der Waals surface area (Å²) >= 11 is 0. The van der Waals surface area contributed by atoms with E-state index in [2.05, 4.69) is 0 Å². The van der Waals surface area contributed by atoms with Crippen molar-refractivity contribution in [2.45, 2.75) is 26.4 Å². The average molecular weight is 263 g/mol. The predicted molar refractivity (Wildman–Crippen MR) is 72.0 cm³/mol. The smallest absolute Gasteiger partial charge is 0.310 e. The second-order valence-electron chi connectivity index (χ2n) is 4.87. The highest BCUT2D eigenvalue weighted by molar-refractivity contribution is 5.69. The van der Waals surface area contributed by atoms with E-state index in [1.54, 1.807) is 30.9 Å². The summed E-state index contributed by atoms with van der Waals surface area (Å²) < 4.78 is 0. The molecule has 0 spiro atoms. The molecule has 0 aromatic heterocycles. The van der Waals surface area contributed by atoms with E-state index >= 15 is 0 Å². The van der Waals surface area contributed by atoms with E-state index < -0.39 is 10.5 Å². The Bertz CT molecular complexity index is 515. The first-order valence-corrected chi connectivity index (χ1v) is 5.95. The number of aliphatic hydroxyl groups is 1. The molecule has 0 saturated heterocycles. The molecule has 1 rings (SSSR count). The molecule has 0 unspecified atom stereocenters. The number of hydrogen-bond acceptors (Lipinski definition) is 5. The zero-order valence-electron chi connectivity index (χ0n) is 11.3. The number of nitro benzene ring substituents is 1. The number of hydrogen-bond donors (Lipinski definition) is 1. The number of nitrogens with zero attached hydrogens (tertiary/aromatic N) is 3. The van der Waals surface area contributed by atoms with Crippen molar-refractivity contribution >= 4 is 11.4 Å². The van der Waals surface area contributed by atoms with Gasteiger partial charge in [-0.05, 0) is 32.9 Å². The normalized spacial score (nSPS) is 10.9. The Labute approximate surface area is 112 Å². The van der Waals surface area contributed by atoms with E-state index in [0.717, 1.165) is 0 Å². The lowest BCUT2D eigenvalue weighted by molar-refractivity contribution is -0.384. The molecule has 0 atom stereocenters. The Morgan fingerprint density at radius 3 is 2.58 bits per heavy atom. The fourth-order valence-electron chi connectivity index (χ4n) is 1.90. The number of nitro groups is 1. The van der Waals surface area contributed by atoms with E-state index in [4.69, 9.17) is 5.26 Å². The van der Waals surface area contributed by atoms with Crippen LogP contribution in [0.2, 0.25) is 0 Å². The molecule has 1 N–H and O–H groups in total. The van der Waals surface area contributed by atoms with Crippen LogP contribution in [0.4, 0.5) is 11.4 Å². The first-order valence-electron chi connectivity index (χ1n) is 5.95. The van der Waals surface area contributed by atoms with E-state index in [9.17, 15) is 15.2 Å². The molecule has 19 heavy (non-hydrogen) atoms. The van der Waals surface area contributed by atoms with Gasteiger partial charge >= 0.3 is 5.69 Å². The highest BCUT2D eigenvalue weighted by atomic mass is 16.6. The molecule has 0 amide bonds. The fraction of sp³-hybridized carbons (Fsp3) is 0.462. The number of likely N-dealkylation sites (N-methyl/N-ethyl adjacent to an activating group) is 1. The lowest BCUT2D eigenvalue weighted by atomic mass is 10.1. The van der Waals surface area contributed by atoms with Crippen LogP contribution < -0.4 is 4.90 Å². The van der Waals surface area contributed by atoms with Crippen LogP contribution in [0.1, 0.15) is 26.3 Å². The highest BCUT2D eigenvalue weighted by Crippen LogP contribution is 2.32. The molecule has 0 bridgehead atoms. The summed E-state index contributed by atoms with van der Waals surface area (Å²) in [6.45, 7) is 5.86. The number of anilines is 1. The Morgan fingerprint density at radius 1 is 1.53 bits per heavy atom. The van der Waals surface area contributed by atoms with E-state index in [1.807, 2.05) is 13.0 Å². The Kier molecular flexibility index (Phi) is 4.46. The number of para-hydroxylation sites is 1. The molecule has 0 saturated carbocycles. The maximum Gasteiger partial charge on any atom is 0.310 e. The third kappa shape index (κ3) is 3.66. The van der Waals surface area contributed by atoms with Gasteiger partial charge in [-0.3, -0.25) is 10.1 Å². The van der Waals surface area contributed by atoms with Gasteiger partial charge in [0, 0.05) is 13.1 Å². The van der Waals surface area contributed by atoms with Gasteiger partial charge in [0.05, 0.1) is 10.5 Å². The van der Waals surface area contributed by atoms with Crippen molar-refractivity contribution in [3.8, 4) is 6.07 Å². The molecule has 0 heterocycles. The largest absolute Gasteiger partial charge is 0.389 e. The van der Waals surface area contributed by atoms with Gasteiger partial charge in [-0.1, -0.05) is 6.07 Å². The third-order valence-electron chi connectivity index (χ3n) is 2.62. The van der Waals surface area contributed by atoms with Crippen molar-refractivity contribution in [2.75, 3.05) is 18.0 Å². The quantitative estimate of drug-likeness (QED) is 0.648. The predicted octanol–water partition coefficient (Wildman–Crippen LogP) is 2.06. The Hall–Kier alpha value is -2.13. The van der Waals surface area contributed by atoms with Gasteiger partial charge in [-0.15, -0.1) is 0 Å². The van der Waals surface area contributed by atoms with Crippen LogP contribution in [0.25, 0.3) is 0 Å². The maximum atomic E-state index is 11.2. The highest BCUT2D eigenvalue weighted by Gasteiger charge is 2.26. The number of rotatable bonds is 5. The summed E-state index contributed by atoms with van der Waals surface area (Å²) in [6, 6.07) is 6.44. The Balaban J connectivity index is 3.32. The molecular formula is C13H17N3O3. The minimum Gasteiger partial charge on any atom is -0.389 e. The minimum absolute atomic E-state index is 0.0247. The summed E-state index contributed by atoms with van der Waals surface area (Å²) in [5, 5.41) is 30.0. The van der Waals surface area contributed by atoms with Crippen molar-refractivity contribution in [1.82, 2.24) is 0 Å². The van der Waals surface area contributed by atoms with E-state index in [1.165, 1.54) is 6.07 Å². The monoisotopic (exact) mass is 263 g/mol. The molecule has 0 fully saturated rings.